The molecule has 0 bridgehead atoms. The van der Waals surface area contributed by atoms with Gasteiger partial charge in [0.15, 0.2) is 0 Å². The van der Waals surface area contributed by atoms with Crippen molar-refractivity contribution in [3.8, 4) is 0 Å². The molecule has 1 aromatic heterocycles. The van der Waals surface area contributed by atoms with Gasteiger partial charge in [-0.05, 0) is 40.0 Å². The van der Waals surface area contributed by atoms with Crippen LogP contribution in [0, 0.1) is 0 Å². The third-order valence-corrected chi connectivity index (χ3v) is 4.91. The van der Waals surface area contributed by atoms with E-state index in [2.05, 4.69) is 28.9 Å². The maximum absolute atomic E-state index is 12.6. The largest absolute Gasteiger partial charge is 0.340 e. The summed E-state index contributed by atoms with van der Waals surface area (Å²) in [4.78, 5) is 15.6. The van der Waals surface area contributed by atoms with Crippen LogP contribution >= 0.6 is 27.3 Å². The second-order valence-corrected chi connectivity index (χ2v) is 7.32. The Labute approximate surface area is 132 Å². The highest BCUT2D eigenvalue weighted by Crippen LogP contribution is 2.25. The van der Waals surface area contributed by atoms with Crippen molar-refractivity contribution in [1.29, 1.82) is 0 Å². The average molecular weight is 352 g/mol. The van der Waals surface area contributed by atoms with E-state index in [1.54, 1.807) is 11.3 Å². The lowest BCUT2D eigenvalue weighted by Gasteiger charge is -2.23. The van der Waals surface area contributed by atoms with Crippen LogP contribution in [0.2, 0.25) is 0 Å². The van der Waals surface area contributed by atoms with E-state index < -0.39 is 0 Å². The summed E-state index contributed by atoms with van der Waals surface area (Å²) in [5, 5.41) is 0. The molecule has 0 fully saturated rings. The quantitative estimate of drug-likeness (QED) is 0.766. The molecule has 2 rings (SSSR count). The summed E-state index contributed by atoms with van der Waals surface area (Å²) in [6, 6.07) is 14.1. The molecule has 0 aliphatic rings. The van der Waals surface area contributed by atoms with E-state index in [0.717, 1.165) is 15.8 Å². The lowest BCUT2D eigenvalue weighted by atomic mass is 9.95. The van der Waals surface area contributed by atoms with Crippen LogP contribution in [0.1, 0.15) is 29.7 Å². The number of benzene rings is 1. The normalized spacial score (nSPS) is 12.2. The molecular weight excluding hydrogens is 334 g/mol. The minimum Gasteiger partial charge on any atom is -0.340 e. The molecular formula is C16H18BrNOS. The molecule has 2 nitrogen and oxygen atoms in total. The van der Waals surface area contributed by atoms with E-state index in [9.17, 15) is 4.79 Å². The van der Waals surface area contributed by atoms with Gasteiger partial charge in [0, 0.05) is 11.9 Å². The van der Waals surface area contributed by atoms with E-state index in [-0.39, 0.29) is 11.8 Å². The highest BCUT2D eigenvalue weighted by atomic mass is 79.9. The van der Waals surface area contributed by atoms with Crippen LogP contribution in [0.3, 0.4) is 0 Å². The molecule has 1 heterocycles. The molecule has 1 aromatic carbocycles. The zero-order valence-electron chi connectivity index (χ0n) is 11.7. The Balaban J connectivity index is 2.08. The first-order valence-corrected chi connectivity index (χ1v) is 8.27. The number of rotatable bonds is 5. The standard InChI is InChI=1S/C16H18BrNOS/c1-3-14(12-7-5-4-6-8-12)16(19)18(2)11-13-9-10-15(17)20-13/h4-10,14H,3,11H2,1-2H3/t14-/m1/s1. The van der Waals surface area contributed by atoms with Crippen LogP contribution in [-0.2, 0) is 11.3 Å². The van der Waals surface area contributed by atoms with Crippen LogP contribution in [0.5, 0.6) is 0 Å². The molecule has 20 heavy (non-hydrogen) atoms. The molecule has 0 spiro atoms. The van der Waals surface area contributed by atoms with Gasteiger partial charge in [-0.25, -0.2) is 0 Å². The molecule has 0 saturated heterocycles. The van der Waals surface area contributed by atoms with Crippen LogP contribution in [0.15, 0.2) is 46.3 Å². The molecule has 0 aliphatic carbocycles. The number of likely N-dealkylation sites (N-methyl/N-ethyl adjacent to an activating group) is 1. The maximum Gasteiger partial charge on any atom is 0.230 e. The molecule has 0 N–H and O–H groups in total. The first-order valence-electron chi connectivity index (χ1n) is 6.66. The van der Waals surface area contributed by atoms with Crippen LogP contribution < -0.4 is 0 Å². The van der Waals surface area contributed by atoms with E-state index in [1.165, 1.54) is 4.88 Å². The first-order chi connectivity index (χ1) is 9.61. The van der Waals surface area contributed by atoms with Gasteiger partial charge in [0.2, 0.25) is 5.91 Å². The second kappa shape index (κ2) is 7.04. The summed E-state index contributed by atoms with van der Waals surface area (Å²) in [5.74, 6) is 0.132. The Kier molecular flexibility index (Phi) is 5.38. The Morgan fingerprint density at radius 2 is 1.95 bits per heavy atom. The minimum atomic E-state index is -0.0513. The fourth-order valence-electron chi connectivity index (χ4n) is 2.25. The van der Waals surface area contributed by atoms with Crippen molar-refractivity contribution in [2.24, 2.45) is 0 Å². The highest BCUT2D eigenvalue weighted by Gasteiger charge is 2.22. The number of carbonyl (C=O) groups excluding carboxylic acids is 1. The van der Waals surface area contributed by atoms with Gasteiger partial charge in [-0.15, -0.1) is 11.3 Å². The van der Waals surface area contributed by atoms with Crippen molar-refractivity contribution >= 4 is 33.2 Å². The van der Waals surface area contributed by atoms with E-state index in [1.807, 2.05) is 48.3 Å². The maximum atomic E-state index is 12.6. The van der Waals surface area contributed by atoms with Crippen LogP contribution in [-0.4, -0.2) is 17.9 Å². The number of carbonyl (C=O) groups is 1. The Bertz CT molecular complexity index is 567. The van der Waals surface area contributed by atoms with Crippen molar-refractivity contribution in [3.63, 3.8) is 0 Å². The minimum absolute atomic E-state index is 0.0513. The van der Waals surface area contributed by atoms with Gasteiger partial charge in [0.25, 0.3) is 0 Å². The van der Waals surface area contributed by atoms with Gasteiger partial charge < -0.3 is 4.90 Å². The van der Waals surface area contributed by atoms with Crippen molar-refractivity contribution in [2.75, 3.05) is 7.05 Å². The molecule has 0 saturated carbocycles. The molecule has 1 amide bonds. The van der Waals surface area contributed by atoms with Gasteiger partial charge >= 0.3 is 0 Å². The predicted octanol–water partition coefficient (Wildman–Crippen LogP) is 4.66. The SMILES string of the molecule is CC[C@@H](C(=O)N(C)Cc1ccc(Br)s1)c1ccccc1. The van der Waals surface area contributed by atoms with Crippen molar-refractivity contribution in [1.82, 2.24) is 4.90 Å². The number of thiophene rings is 1. The zero-order chi connectivity index (χ0) is 14.5. The first kappa shape index (κ1) is 15.3. The lowest BCUT2D eigenvalue weighted by Crippen LogP contribution is -2.30. The monoisotopic (exact) mass is 351 g/mol. The Morgan fingerprint density at radius 3 is 2.50 bits per heavy atom. The van der Waals surface area contributed by atoms with E-state index in [0.29, 0.717) is 6.54 Å². The number of nitrogens with zero attached hydrogens (tertiary/aromatic N) is 1. The predicted molar refractivity (Wildman–Crippen MR) is 88.0 cm³/mol. The fraction of sp³-hybridized carbons (Fsp3) is 0.312. The van der Waals surface area contributed by atoms with Gasteiger partial charge in [0.1, 0.15) is 0 Å². The lowest BCUT2D eigenvalue weighted by molar-refractivity contribution is -0.132. The van der Waals surface area contributed by atoms with Crippen LogP contribution in [0.4, 0.5) is 0 Å². The van der Waals surface area contributed by atoms with Gasteiger partial charge in [-0.2, -0.15) is 0 Å². The molecule has 106 valence electrons. The van der Waals surface area contributed by atoms with Crippen molar-refractivity contribution in [3.05, 3.63) is 56.7 Å². The van der Waals surface area contributed by atoms with E-state index in [4.69, 9.17) is 0 Å². The number of amides is 1. The Hall–Kier alpha value is -1.13. The van der Waals surface area contributed by atoms with Crippen molar-refractivity contribution < 1.29 is 4.79 Å². The fourth-order valence-corrected chi connectivity index (χ4v) is 3.79. The summed E-state index contributed by atoms with van der Waals surface area (Å²) in [5.41, 5.74) is 1.10. The zero-order valence-corrected chi connectivity index (χ0v) is 14.1. The van der Waals surface area contributed by atoms with Gasteiger partial charge in [-0.3, -0.25) is 4.79 Å². The van der Waals surface area contributed by atoms with Crippen molar-refractivity contribution in [2.45, 2.75) is 25.8 Å². The van der Waals surface area contributed by atoms with Crippen LogP contribution in [0.25, 0.3) is 0 Å². The Morgan fingerprint density at radius 1 is 1.25 bits per heavy atom. The summed E-state index contributed by atoms with van der Waals surface area (Å²) >= 11 is 5.12. The third kappa shape index (κ3) is 3.70. The smallest absolute Gasteiger partial charge is 0.230 e. The summed E-state index contributed by atoms with van der Waals surface area (Å²) < 4.78 is 1.10. The molecule has 1 atom stereocenters. The van der Waals surface area contributed by atoms with Gasteiger partial charge in [-0.1, -0.05) is 37.3 Å². The summed E-state index contributed by atoms with van der Waals surface area (Å²) in [7, 11) is 1.88. The highest BCUT2D eigenvalue weighted by molar-refractivity contribution is 9.11. The molecule has 0 radical (unpaired) electrons. The average Bonchev–Trinajstić information content (AvgIpc) is 2.86. The summed E-state index contributed by atoms with van der Waals surface area (Å²) in [6.45, 7) is 2.73. The molecule has 0 aliphatic heterocycles. The third-order valence-electron chi connectivity index (χ3n) is 3.31. The molecule has 0 unspecified atom stereocenters. The second-order valence-electron chi connectivity index (χ2n) is 4.77. The number of hydrogen-bond donors (Lipinski definition) is 0. The van der Waals surface area contributed by atoms with E-state index >= 15 is 0 Å². The summed E-state index contributed by atoms with van der Waals surface area (Å²) in [6.07, 6.45) is 0.821. The molecule has 4 heteroatoms. The van der Waals surface area contributed by atoms with Gasteiger partial charge in [0.05, 0.1) is 16.2 Å². The topological polar surface area (TPSA) is 20.3 Å². The number of halogens is 1. The molecule has 2 aromatic rings. The number of hydrogen-bond acceptors (Lipinski definition) is 2.